The average molecular weight is 264 g/mol. The Kier molecular flexibility index (Phi) is 3.78. The summed E-state index contributed by atoms with van der Waals surface area (Å²) in [5.74, 6) is 0. The van der Waals surface area contributed by atoms with E-state index < -0.39 is 20.6 Å². The summed E-state index contributed by atoms with van der Waals surface area (Å²) in [5.41, 5.74) is 0. The molecule has 2 aliphatic rings. The van der Waals surface area contributed by atoms with E-state index >= 15 is 0 Å². The molecule has 0 aromatic rings. The molecule has 0 saturated carbocycles. The van der Waals surface area contributed by atoms with Gasteiger partial charge in [0.1, 0.15) is 10.7 Å². The van der Waals surface area contributed by atoms with Crippen molar-refractivity contribution in [3.63, 3.8) is 0 Å². The molecule has 2 unspecified atom stereocenters. The number of rotatable bonds is 2. The third-order valence-corrected chi connectivity index (χ3v) is 6.22. The van der Waals surface area contributed by atoms with E-state index in [0.717, 1.165) is 0 Å². The largest absolute Gasteiger partial charge is 0.242 e. The second-order valence-corrected chi connectivity index (χ2v) is 7.06. The van der Waals surface area contributed by atoms with Crippen molar-refractivity contribution < 1.29 is 8.42 Å². The van der Waals surface area contributed by atoms with Crippen LogP contribution in [0.1, 0.15) is 12.8 Å². The van der Waals surface area contributed by atoms with Crippen molar-refractivity contribution in [2.45, 2.75) is 23.6 Å². The topological polar surface area (TPSA) is 58.2 Å². The summed E-state index contributed by atoms with van der Waals surface area (Å²) in [5, 5.41) is 2.79. The molecule has 0 radical (unpaired) electrons. The van der Waals surface area contributed by atoms with E-state index in [2.05, 4.69) is 9.44 Å². The molecule has 15 heavy (non-hydrogen) atoms. The quantitative estimate of drug-likeness (QED) is 0.735. The molecule has 0 saturated heterocycles. The van der Waals surface area contributed by atoms with Gasteiger partial charge in [0, 0.05) is 0 Å². The molecule has 0 aromatic carbocycles. The van der Waals surface area contributed by atoms with E-state index in [9.17, 15) is 8.42 Å². The average Bonchev–Trinajstić information content (AvgIpc) is 2.31. The van der Waals surface area contributed by atoms with Gasteiger partial charge in [-0.05, 0) is 23.7 Å². The lowest BCUT2D eigenvalue weighted by Gasteiger charge is -2.26. The molecule has 84 valence electrons. The number of hydrogen-bond donors (Lipinski definition) is 2. The van der Waals surface area contributed by atoms with E-state index in [1.54, 1.807) is 0 Å². The van der Waals surface area contributed by atoms with Crippen molar-refractivity contribution in [1.82, 2.24) is 9.44 Å². The van der Waals surface area contributed by atoms with Crippen molar-refractivity contribution >= 4 is 33.7 Å². The highest BCUT2D eigenvalue weighted by atomic mass is 32.2. The van der Waals surface area contributed by atoms with Crippen molar-refractivity contribution in [1.29, 1.82) is 0 Å². The molecular weight excluding hydrogens is 252 g/mol. The monoisotopic (exact) mass is 264 g/mol. The van der Waals surface area contributed by atoms with Crippen LogP contribution in [0.4, 0.5) is 0 Å². The Morgan fingerprint density at radius 1 is 1.00 bits per heavy atom. The highest BCUT2D eigenvalue weighted by Crippen LogP contribution is 2.23. The predicted molar refractivity (Wildman–Crippen MR) is 65.5 cm³/mol. The third-order valence-electron chi connectivity index (χ3n) is 2.22. The molecule has 4 nitrogen and oxygen atoms in total. The fourth-order valence-electron chi connectivity index (χ4n) is 1.38. The molecule has 2 N–H and O–H groups in total. The Labute approximate surface area is 98.1 Å². The molecule has 7 heteroatoms. The molecule has 0 spiro atoms. The lowest BCUT2D eigenvalue weighted by atomic mass is 10.4. The summed E-state index contributed by atoms with van der Waals surface area (Å²) in [7, 11) is -3.15. The van der Waals surface area contributed by atoms with Gasteiger partial charge in [0.15, 0.2) is 9.84 Å². The first-order valence-corrected chi connectivity index (χ1v) is 7.93. The molecule has 2 aliphatic heterocycles. The van der Waals surface area contributed by atoms with Crippen LogP contribution in [0.2, 0.25) is 0 Å². The van der Waals surface area contributed by atoms with Crippen LogP contribution in [-0.2, 0) is 9.84 Å². The summed E-state index contributed by atoms with van der Waals surface area (Å²) in [4.78, 5) is 0. The minimum atomic E-state index is -3.15. The van der Waals surface area contributed by atoms with E-state index in [0.29, 0.717) is 12.8 Å². The Balaban J connectivity index is 2.11. The van der Waals surface area contributed by atoms with Crippen LogP contribution in [0.3, 0.4) is 0 Å². The Morgan fingerprint density at radius 3 is 1.80 bits per heavy atom. The highest BCUT2D eigenvalue weighted by molar-refractivity contribution is 8.02. The first kappa shape index (κ1) is 11.5. The number of sulfone groups is 1. The van der Waals surface area contributed by atoms with Gasteiger partial charge < -0.3 is 0 Å². The van der Waals surface area contributed by atoms with Gasteiger partial charge in [0.25, 0.3) is 0 Å². The van der Waals surface area contributed by atoms with Gasteiger partial charge in [-0.15, -0.1) is 0 Å². The summed E-state index contributed by atoms with van der Waals surface area (Å²) < 4.78 is 30.1. The normalized spacial score (nSPS) is 31.7. The van der Waals surface area contributed by atoms with Crippen molar-refractivity contribution in [2.24, 2.45) is 0 Å². The fourth-order valence-corrected chi connectivity index (χ4v) is 5.01. The van der Waals surface area contributed by atoms with Gasteiger partial charge in [-0.3, -0.25) is 0 Å². The lowest BCUT2D eigenvalue weighted by Crippen LogP contribution is -2.44. The van der Waals surface area contributed by atoms with Crippen LogP contribution >= 0.6 is 23.9 Å². The van der Waals surface area contributed by atoms with Crippen LogP contribution < -0.4 is 9.44 Å². The van der Waals surface area contributed by atoms with Gasteiger partial charge in [-0.2, -0.15) is 0 Å². The van der Waals surface area contributed by atoms with Gasteiger partial charge in [-0.25, -0.2) is 17.9 Å². The molecule has 0 bridgehead atoms. The SMILES string of the molecule is O=S(=O)(C1CC=CSN1)C1CC=CSN1. The van der Waals surface area contributed by atoms with E-state index in [1.165, 1.54) is 23.9 Å². The van der Waals surface area contributed by atoms with Crippen LogP contribution in [0.5, 0.6) is 0 Å². The van der Waals surface area contributed by atoms with Crippen LogP contribution in [-0.4, -0.2) is 19.2 Å². The maximum Gasteiger partial charge on any atom is 0.184 e. The van der Waals surface area contributed by atoms with Crippen molar-refractivity contribution in [3.05, 3.63) is 23.0 Å². The summed E-state index contributed by atoms with van der Waals surface area (Å²) in [6, 6.07) is 0. The third kappa shape index (κ3) is 2.59. The first-order chi connectivity index (χ1) is 7.21. The first-order valence-electron chi connectivity index (χ1n) is 4.56. The maximum atomic E-state index is 12.1. The van der Waals surface area contributed by atoms with Gasteiger partial charge in [-0.1, -0.05) is 36.0 Å². The molecule has 0 aliphatic carbocycles. The van der Waals surface area contributed by atoms with Crippen LogP contribution in [0.25, 0.3) is 0 Å². The van der Waals surface area contributed by atoms with Crippen LogP contribution in [0, 0.1) is 0 Å². The number of nitrogens with one attached hydrogen (secondary N) is 2. The standard InChI is InChI=1S/C8H12N2O2S3/c11-15(12,7-3-1-5-13-9-7)8-4-2-6-14-10-8/h1-2,5-10H,3-4H2. The molecule has 0 amide bonds. The minimum absolute atomic E-state index is 0.475. The zero-order valence-corrected chi connectivity index (χ0v) is 10.4. The number of hydrogen-bond acceptors (Lipinski definition) is 6. The lowest BCUT2D eigenvalue weighted by molar-refractivity contribution is 0.555. The van der Waals surface area contributed by atoms with Gasteiger partial charge in [0.2, 0.25) is 0 Å². The smallest absolute Gasteiger partial charge is 0.184 e. The second-order valence-electron chi connectivity index (χ2n) is 3.25. The van der Waals surface area contributed by atoms with Gasteiger partial charge in [0.05, 0.1) is 0 Å². The molecule has 2 atom stereocenters. The predicted octanol–water partition coefficient (Wildman–Crippen LogP) is 1.36. The molecular formula is C8H12N2O2S3. The summed E-state index contributed by atoms with van der Waals surface area (Å²) in [6.07, 6.45) is 4.86. The minimum Gasteiger partial charge on any atom is -0.242 e. The highest BCUT2D eigenvalue weighted by Gasteiger charge is 2.34. The molecule has 0 aromatic heterocycles. The Bertz CT molecular complexity index is 347. The molecule has 2 rings (SSSR count). The van der Waals surface area contributed by atoms with E-state index in [4.69, 9.17) is 0 Å². The van der Waals surface area contributed by atoms with Gasteiger partial charge >= 0.3 is 0 Å². The van der Waals surface area contributed by atoms with E-state index in [1.807, 2.05) is 23.0 Å². The molecule has 2 heterocycles. The maximum absolute atomic E-state index is 12.1. The van der Waals surface area contributed by atoms with E-state index in [-0.39, 0.29) is 0 Å². The molecule has 0 fully saturated rings. The van der Waals surface area contributed by atoms with Crippen molar-refractivity contribution in [3.8, 4) is 0 Å². The van der Waals surface area contributed by atoms with Crippen LogP contribution in [0.15, 0.2) is 23.0 Å². The Morgan fingerprint density at radius 2 is 1.47 bits per heavy atom. The summed E-state index contributed by atoms with van der Waals surface area (Å²) >= 11 is 2.66. The zero-order valence-electron chi connectivity index (χ0n) is 7.92. The fraction of sp³-hybridized carbons (Fsp3) is 0.500. The second kappa shape index (κ2) is 4.92. The Hall–Kier alpha value is 0.0500. The summed E-state index contributed by atoms with van der Waals surface area (Å²) in [6.45, 7) is 0. The zero-order chi connectivity index (χ0) is 10.7. The van der Waals surface area contributed by atoms with Crippen molar-refractivity contribution in [2.75, 3.05) is 0 Å².